The van der Waals surface area contributed by atoms with Crippen molar-refractivity contribution < 1.29 is 4.79 Å². The van der Waals surface area contributed by atoms with E-state index in [1.54, 1.807) is 6.08 Å². The van der Waals surface area contributed by atoms with Crippen LogP contribution >= 0.6 is 11.3 Å². The van der Waals surface area contributed by atoms with Crippen molar-refractivity contribution in [1.29, 1.82) is 0 Å². The number of nitrogens with zero attached hydrogens (tertiary/aromatic N) is 2. The zero-order chi connectivity index (χ0) is 11.8. The Balaban J connectivity index is 2.39. The molecular formula is C10H16N4OS. The van der Waals surface area contributed by atoms with Crippen molar-refractivity contribution in [2.24, 2.45) is 0 Å². The average Bonchev–Trinajstić information content (AvgIpc) is 2.71. The van der Waals surface area contributed by atoms with Crippen LogP contribution < -0.4 is 10.6 Å². The zero-order valence-corrected chi connectivity index (χ0v) is 10.1. The Hall–Kier alpha value is -1.43. The fraction of sp³-hybridized carbons (Fsp3) is 0.500. The van der Waals surface area contributed by atoms with E-state index in [9.17, 15) is 4.79 Å². The molecule has 16 heavy (non-hydrogen) atoms. The number of unbranched alkanes of at least 4 members (excludes halogenated alkanes) is 1. The number of aromatic nitrogens is 2. The molecular weight excluding hydrogens is 224 g/mol. The first-order chi connectivity index (χ1) is 7.76. The third-order valence-corrected chi connectivity index (χ3v) is 2.74. The molecule has 2 N–H and O–H groups in total. The van der Waals surface area contributed by atoms with Crippen LogP contribution in [0.25, 0.3) is 0 Å². The van der Waals surface area contributed by atoms with Crippen LogP contribution in [0.5, 0.6) is 0 Å². The summed E-state index contributed by atoms with van der Waals surface area (Å²) in [7, 11) is 0. The van der Waals surface area contributed by atoms with Crippen molar-refractivity contribution in [3.05, 3.63) is 17.7 Å². The molecule has 2 amide bonds. The second-order valence-corrected chi connectivity index (χ2v) is 4.29. The van der Waals surface area contributed by atoms with Crippen LogP contribution in [0.15, 0.2) is 12.7 Å². The van der Waals surface area contributed by atoms with Crippen LogP contribution in [0, 0.1) is 0 Å². The van der Waals surface area contributed by atoms with E-state index in [2.05, 4.69) is 34.3 Å². The maximum Gasteiger partial charge on any atom is 0.321 e. The molecule has 0 unspecified atom stereocenters. The molecule has 0 aromatic carbocycles. The molecule has 0 spiro atoms. The van der Waals surface area contributed by atoms with Crippen LogP contribution in [0.3, 0.4) is 0 Å². The molecule has 6 heteroatoms. The van der Waals surface area contributed by atoms with E-state index in [0.29, 0.717) is 11.7 Å². The van der Waals surface area contributed by atoms with Crippen molar-refractivity contribution in [2.75, 3.05) is 11.9 Å². The molecule has 1 aromatic heterocycles. The van der Waals surface area contributed by atoms with Gasteiger partial charge in [0, 0.05) is 13.0 Å². The lowest BCUT2D eigenvalue weighted by atomic mass is 10.3. The number of nitrogens with one attached hydrogen (secondary N) is 2. The molecule has 0 aliphatic heterocycles. The molecule has 0 aliphatic carbocycles. The Kier molecular flexibility index (Phi) is 5.49. The Labute approximate surface area is 99.0 Å². The Morgan fingerprint density at radius 3 is 3.06 bits per heavy atom. The fourth-order valence-corrected chi connectivity index (χ4v) is 1.82. The van der Waals surface area contributed by atoms with Crippen LogP contribution in [-0.4, -0.2) is 22.8 Å². The van der Waals surface area contributed by atoms with Crippen molar-refractivity contribution in [1.82, 2.24) is 15.5 Å². The highest BCUT2D eigenvalue weighted by Crippen LogP contribution is 2.16. The number of hydrogen-bond acceptors (Lipinski definition) is 4. The predicted octanol–water partition coefficient (Wildman–Crippen LogP) is 2.19. The minimum absolute atomic E-state index is 0.280. The summed E-state index contributed by atoms with van der Waals surface area (Å²) in [6.45, 7) is 6.08. The van der Waals surface area contributed by atoms with Gasteiger partial charge in [-0.15, -0.1) is 16.8 Å². The third-order valence-electron chi connectivity index (χ3n) is 1.84. The van der Waals surface area contributed by atoms with Crippen molar-refractivity contribution >= 4 is 22.5 Å². The number of amides is 2. The normalized spacial score (nSPS) is 9.81. The first-order valence-electron chi connectivity index (χ1n) is 5.24. The van der Waals surface area contributed by atoms with Crippen LogP contribution in [0.1, 0.15) is 24.8 Å². The van der Waals surface area contributed by atoms with Crippen LogP contribution in [0.4, 0.5) is 9.93 Å². The first kappa shape index (κ1) is 12.6. The molecule has 0 aliphatic rings. The summed E-state index contributed by atoms with van der Waals surface area (Å²) in [5.41, 5.74) is 0. The van der Waals surface area contributed by atoms with Gasteiger partial charge in [-0.05, 0) is 6.42 Å². The van der Waals surface area contributed by atoms with E-state index in [0.717, 1.165) is 24.3 Å². The lowest BCUT2D eigenvalue weighted by Crippen LogP contribution is -2.28. The lowest BCUT2D eigenvalue weighted by Gasteiger charge is -2.00. The number of anilines is 1. The molecule has 5 nitrogen and oxygen atoms in total. The number of rotatable bonds is 6. The quantitative estimate of drug-likeness (QED) is 0.749. The summed E-state index contributed by atoms with van der Waals surface area (Å²) in [5, 5.41) is 14.6. The Morgan fingerprint density at radius 1 is 1.56 bits per heavy atom. The van der Waals surface area contributed by atoms with Gasteiger partial charge in [-0.1, -0.05) is 30.8 Å². The standard InChI is InChI=1S/C10H16N4OS/c1-3-5-6-8-13-14-10(16-8)12-9(15)11-7-4-2/h4H,2-3,5-7H2,1H3,(H2,11,12,14,15). The summed E-state index contributed by atoms with van der Waals surface area (Å²) in [6.07, 6.45) is 4.76. The van der Waals surface area contributed by atoms with Gasteiger partial charge in [0.05, 0.1) is 0 Å². The van der Waals surface area contributed by atoms with E-state index in [1.807, 2.05) is 0 Å². The molecule has 0 radical (unpaired) electrons. The number of hydrogen-bond donors (Lipinski definition) is 2. The van der Waals surface area contributed by atoms with E-state index in [1.165, 1.54) is 11.3 Å². The SMILES string of the molecule is C=CCNC(=O)Nc1nnc(CCCC)s1. The van der Waals surface area contributed by atoms with Crippen LogP contribution in [-0.2, 0) is 6.42 Å². The van der Waals surface area contributed by atoms with E-state index in [4.69, 9.17) is 0 Å². The lowest BCUT2D eigenvalue weighted by molar-refractivity contribution is 0.253. The van der Waals surface area contributed by atoms with E-state index < -0.39 is 0 Å². The van der Waals surface area contributed by atoms with Gasteiger partial charge in [0.1, 0.15) is 5.01 Å². The molecule has 0 atom stereocenters. The van der Waals surface area contributed by atoms with Crippen LogP contribution in [0.2, 0.25) is 0 Å². The smallest absolute Gasteiger partial charge is 0.321 e. The molecule has 88 valence electrons. The minimum atomic E-state index is -0.280. The van der Waals surface area contributed by atoms with Gasteiger partial charge >= 0.3 is 6.03 Å². The molecule has 1 heterocycles. The first-order valence-corrected chi connectivity index (χ1v) is 6.06. The fourth-order valence-electron chi connectivity index (χ4n) is 1.04. The summed E-state index contributed by atoms with van der Waals surface area (Å²) < 4.78 is 0. The highest BCUT2D eigenvalue weighted by Gasteiger charge is 2.06. The number of aryl methyl sites for hydroxylation is 1. The Morgan fingerprint density at radius 2 is 2.38 bits per heavy atom. The van der Waals surface area contributed by atoms with Gasteiger partial charge in [0.2, 0.25) is 5.13 Å². The molecule has 0 saturated carbocycles. The van der Waals surface area contributed by atoms with Gasteiger partial charge in [-0.3, -0.25) is 5.32 Å². The summed E-state index contributed by atoms with van der Waals surface area (Å²) in [5.74, 6) is 0. The Bertz CT molecular complexity index is 350. The highest BCUT2D eigenvalue weighted by atomic mass is 32.1. The number of carbonyl (C=O) groups is 1. The van der Waals surface area contributed by atoms with Crippen molar-refractivity contribution in [3.63, 3.8) is 0 Å². The second-order valence-electron chi connectivity index (χ2n) is 3.23. The number of urea groups is 1. The zero-order valence-electron chi connectivity index (χ0n) is 9.32. The average molecular weight is 240 g/mol. The highest BCUT2D eigenvalue weighted by molar-refractivity contribution is 7.15. The molecule has 1 aromatic rings. The number of carbonyl (C=O) groups excluding carboxylic acids is 1. The third kappa shape index (κ3) is 4.39. The van der Waals surface area contributed by atoms with Crippen molar-refractivity contribution in [3.8, 4) is 0 Å². The maximum atomic E-state index is 11.3. The summed E-state index contributed by atoms with van der Waals surface area (Å²) in [4.78, 5) is 11.3. The summed E-state index contributed by atoms with van der Waals surface area (Å²) in [6, 6.07) is -0.280. The molecule has 0 bridgehead atoms. The topological polar surface area (TPSA) is 66.9 Å². The maximum absolute atomic E-state index is 11.3. The van der Waals surface area contributed by atoms with Gasteiger partial charge < -0.3 is 5.32 Å². The minimum Gasteiger partial charge on any atom is -0.334 e. The predicted molar refractivity (Wildman–Crippen MR) is 65.7 cm³/mol. The molecule has 1 rings (SSSR count). The largest absolute Gasteiger partial charge is 0.334 e. The summed E-state index contributed by atoms with van der Waals surface area (Å²) >= 11 is 1.41. The van der Waals surface area contributed by atoms with E-state index in [-0.39, 0.29) is 6.03 Å². The van der Waals surface area contributed by atoms with E-state index >= 15 is 0 Å². The monoisotopic (exact) mass is 240 g/mol. The van der Waals surface area contributed by atoms with Gasteiger partial charge in [0.25, 0.3) is 0 Å². The van der Waals surface area contributed by atoms with Gasteiger partial charge in [0.15, 0.2) is 0 Å². The van der Waals surface area contributed by atoms with Crippen molar-refractivity contribution in [2.45, 2.75) is 26.2 Å². The van der Waals surface area contributed by atoms with Gasteiger partial charge in [-0.25, -0.2) is 4.79 Å². The molecule has 0 fully saturated rings. The molecule has 0 saturated heterocycles. The van der Waals surface area contributed by atoms with Gasteiger partial charge in [-0.2, -0.15) is 0 Å². The second kappa shape index (κ2) is 6.95.